The van der Waals surface area contributed by atoms with Crippen molar-refractivity contribution in [2.45, 2.75) is 25.6 Å². The van der Waals surface area contributed by atoms with Gasteiger partial charge in [0.1, 0.15) is 12.2 Å². The Labute approximate surface area is 113 Å². The van der Waals surface area contributed by atoms with Crippen molar-refractivity contribution in [1.82, 2.24) is 19.7 Å². The zero-order valence-electron chi connectivity index (χ0n) is 11.2. The van der Waals surface area contributed by atoms with Gasteiger partial charge in [-0.25, -0.2) is 0 Å². The molecule has 100 valence electrons. The van der Waals surface area contributed by atoms with Gasteiger partial charge in [-0.05, 0) is 12.5 Å². The van der Waals surface area contributed by atoms with Gasteiger partial charge in [0.05, 0.1) is 12.1 Å². The van der Waals surface area contributed by atoms with Gasteiger partial charge < -0.3 is 10.3 Å². The summed E-state index contributed by atoms with van der Waals surface area (Å²) in [6, 6.07) is 10.3. The lowest BCUT2D eigenvalue weighted by molar-refractivity contribution is 0.175. The predicted octanol–water partition coefficient (Wildman–Crippen LogP) is 0.968. The third-order valence-corrected chi connectivity index (χ3v) is 3.70. The van der Waals surface area contributed by atoms with Crippen LogP contribution in [-0.2, 0) is 18.6 Å². The van der Waals surface area contributed by atoms with Gasteiger partial charge in [-0.3, -0.25) is 4.90 Å². The molecule has 1 aromatic heterocycles. The molecule has 1 aliphatic rings. The Morgan fingerprint density at radius 3 is 2.84 bits per heavy atom. The average Bonchev–Trinajstić information content (AvgIpc) is 2.87. The summed E-state index contributed by atoms with van der Waals surface area (Å²) in [6.45, 7) is 5.66. The molecule has 1 unspecified atom stereocenters. The Balaban J connectivity index is 1.72. The van der Waals surface area contributed by atoms with E-state index in [9.17, 15) is 0 Å². The van der Waals surface area contributed by atoms with Crippen LogP contribution in [-0.4, -0.2) is 32.8 Å². The van der Waals surface area contributed by atoms with E-state index in [4.69, 9.17) is 5.73 Å². The third kappa shape index (κ3) is 2.52. The molecule has 1 atom stereocenters. The molecule has 0 fully saturated rings. The molecule has 0 bridgehead atoms. The van der Waals surface area contributed by atoms with Crippen LogP contribution in [0, 0.1) is 0 Å². The first-order valence-corrected chi connectivity index (χ1v) is 6.58. The van der Waals surface area contributed by atoms with Crippen LogP contribution in [0.15, 0.2) is 36.7 Å². The van der Waals surface area contributed by atoms with Gasteiger partial charge in [0.25, 0.3) is 0 Å². The van der Waals surface area contributed by atoms with E-state index in [1.807, 2.05) is 18.2 Å². The second-order valence-corrected chi connectivity index (χ2v) is 5.43. The van der Waals surface area contributed by atoms with Crippen molar-refractivity contribution < 1.29 is 0 Å². The number of rotatable bonds is 3. The summed E-state index contributed by atoms with van der Waals surface area (Å²) >= 11 is 0. The zero-order chi connectivity index (χ0) is 13.3. The summed E-state index contributed by atoms with van der Waals surface area (Å²) in [7, 11) is 0. The molecule has 1 aromatic carbocycles. The highest BCUT2D eigenvalue weighted by Gasteiger charge is 2.27. The molecule has 0 spiro atoms. The number of hydrogen-bond acceptors (Lipinski definition) is 4. The van der Waals surface area contributed by atoms with Gasteiger partial charge in [0.15, 0.2) is 0 Å². The number of nitrogens with zero attached hydrogens (tertiary/aromatic N) is 4. The molecule has 2 N–H and O–H groups in total. The van der Waals surface area contributed by atoms with Gasteiger partial charge in [-0.2, -0.15) is 0 Å². The standard InChI is InChI=1S/C14H19N5/c1-14(15,12-5-3-2-4-6-12)10-18-7-8-19-11-16-17-13(19)9-18/h2-6,11H,7-10,15H2,1H3. The fraction of sp³-hybridized carbons (Fsp3) is 0.429. The van der Waals surface area contributed by atoms with Crippen molar-refractivity contribution in [3.8, 4) is 0 Å². The Kier molecular flexibility index (Phi) is 3.08. The summed E-state index contributed by atoms with van der Waals surface area (Å²) < 4.78 is 2.10. The minimum Gasteiger partial charge on any atom is -0.321 e. The Bertz CT molecular complexity index is 546. The van der Waals surface area contributed by atoms with E-state index >= 15 is 0 Å². The highest BCUT2D eigenvalue weighted by Crippen LogP contribution is 2.21. The van der Waals surface area contributed by atoms with Crippen molar-refractivity contribution in [3.05, 3.63) is 48.0 Å². The molecular formula is C14H19N5. The SMILES string of the molecule is CC(N)(CN1CCn2cnnc2C1)c1ccccc1. The molecule has 5 nitrogen and oxygen atoms in total. The second-order valence-electron chi connectivity index (χ2n) is 5.43. The molecule has 5 heteroatoms. The highest BCUT2D eigenvalue weighted by molar-refractivity contribution is 5.23. The number of hydrogen-bond donors (Lipinski definition) is 1. The molecular weight excluding hydrogens is 238 g/mol. The fourth-order valence-corrected chi connectivity index (χ4v) is 2.63. The van der Waals surface area contributed by atoms with Crippen molar-refractivity contribution in [2.75, 3.05) is 13.1 Å². The summed E-state index contributed by atoms with van der Waals surface area (Å²) in [5.41, 5.74) is 7.30. The molecule has 0 saturated carbocycles. The molecule has 3 rings (SSSR count). The van der Waals surface area contributed by atoms with Crippen LogP contribution in [0.25, 0.3) is 0 Å². The second kappa shape index (κ2) is 4.75. The maximum Gasteiger partial charge on any atom is 0.147 e. The Hall–Kier alpha value is -1.72. The van der Waals surface area contributed by atoms with Crippen molar-refractivity contribution in [1.29, 1.82) is 0 Å². The summed E-state index contributed by atoms with van der Waals surface area (Å²) in [4.78, 5) is 2.34. The first-order valence-electron chi connectivity index (χ1n) is 6.58. The van der Waals surface area contributed by atoms with Crippen LogP contribution in [0.3, 0.4) is 0 Å². The van der Waals surface area contributed by atoms with Crippen LogP contribution in [0.5, 0.6) is 0 Å². The van der Waals surface area contributed by atoms with Gasteiger partial charge in [-0.1, -0.05) is 30.3 Å². The third-order valence-electron chi connectivity index (χ3n) is 3.70. The zero-order valence-corrected chi connectivity index (χ0v) is 11.2. The van der Waals surface area contributed by atoms with Gasteiger partial charge in [0.2, 0.25) is 0 Å². The number of fused-ring (bicyclic) bond motifs is 1. The minimum absolute atomic E-state index is 0.344. The van der Waals surface area contributed by atoms with E-state index in [1.165, 1.54) is 5.56 Å². The number of aromatic nitrogens is 3. The van der Waals surface area contributed by atoms with Gasteiger partial charge >= 0.3 is 0 Å². The molecule has 0 radical (unpaired) electrons. The summed E-state index contributed by atoms with van der Waals surface area (Å²) in [6.07, 6.45) is 1.80. The monoisotopic (exact) mass is 257 g/mol. The topological polar surface area (TPSA) is 60.0 Å². The Morgan fingerprint density at radius 2 is 2.05 bits per heavy atom. The van der Waals surface area contributed by atoms with Gasteiger partial charge in [-0.15, -0.1) is 10.2 Å². The van der Waals surface area contributed by atoms with Crippen LogP contribution in [0.4, 0.5) is 0 Å². The number of nitrogens with two attached hydrogens (primary N) is 1. The fourth-order valence-electron chi connectivity index (χ4n) is 2.63. The van der Waals surface area contributed by atoms with Crippen molar-refractivity contribution in [2.24, 2.45) is 5.73 Å². The smallest absolute Gasteiger partial charge is 0.147 e. The quantitative estimate of drug-likeness (QED) is 0.890. The lowest BCUT2D eigenvalue weighted by Gasteiger charge is -2.35. The minimum atomic E-state index is -0.344. The maximum atomic E-state index is 6.48. The highest BCUT2D eigenvalue weighted by atomic mass is 15.3. The first kappa shape index (κ1) is 12.3. The van der Waals surface area contributed by atoms with Gasteiger partial charge in [0, 0.05) is 19.6 Å². The van der Waals surface area contributed by atoms with Crippen LogP contribution < -0.4 is 5.73 Å². The number of benzene rings is 1. The normalized spacial score (nSPS) is 18.8. The lowest BCUT2D eigenvalue weighted by atomic mass is 9.92. The molecule has 1 aliphatic heterocycles. The molecule has 0 amide bonds. The molecule has 0 saturated heterocycles. The molecule has 2 heterocycles. The summed E-state index contributed by atoms with van der Waals surface area (Å²) in [5, 5.41) is 8.09. The largest absolute Gasteiger partial charge is 0.321 e. The lowest BCUT2D eigenvalue weighted by Crippen LogP contribution is -2.47. The van der Waals surface area contributed by atoms with Crippen LogP contribution in [0.2, 0.25) is 0 Å². The average molecular weight is 257 g/mol. The Morgan fingerprint density at radius 1 is 1.26 bits per heavy atom. The first-order chi connectivity index (χ1) is 9.15. The van der Waals surface area contributed by atoms with E-state index in [0.717, 1.165) is 32.0 Å². The summed E-state index contributed by atoms with van der Waals surface area (Å²) in [5.74, 6) is 1.02. The van der Waals surface area contributed by atoms with E-state index in [1.54, 1.807) is 6.33 Å². The maximum absolute atomic E-state index is 6.48. The van der Waals surface area contributed by atoms with Crippen LogP contribution in [0.1, 0.15) is 18.3 Å². The van der Waals surface area contributed by atoms with E-state index in [0.29, 0.717) is 0 Å². The van der Waals surface area contributed by atoms with E-state index in [2.05, 4.69) is 38.7 Å². The van der Waals surface area contributed by atoms with E-state index in [-0.39, 0.29) is 5.54 Å². The molecule has 2 aromatic rings. The van der Waals surface area contributed by atoms with Crippen molar-refractivity contribution in [3.63, 3.8) is 0 Å². The van der Waals surface area contributed by atoms with Crippen molar-refractivity contribution >= 4 is 0 Å². The van der Waals surface area contributed by atoms with E-state index < -0.39 is 0 Å². The molecule has 19 heavy (non-hydrogen) atoms. The molecule has 0 aliphatic carbocycles. The predicted molar refractivity (Wildman–Crippen MR) is 73.3 cm³/mol. The van der Waals surface area contributed by atoms with Crippen LogP contribution >= 0.6 is 0 Å².